The molecule has 3 aromatic carbocycles. The lowest BCUT2D eigenvalue weighted by Gasteiger charge is -2.25. The number of amides is 1. The SMILES string of the molecule is COC(=O)c1ccc2c(c1)NC(=O)C2=C(Nc1ccc(C(C)(C)N)c(C(F)(F)F)c1)c1ccccc1. The molecule has 0 unspecified atom stereocenters. The van der Waals surface area contributed by atoms with Crippen LogP contribution in [-0.2, 0) is 21.2 Å². The number of alkyl halides is 3. The third kappa shape index (κ3) is 4.83. The lowest BCUT2D eigenvalue weighted by Crippen LogP contribution is -2.31. The van der Waals surface area contributed by atoms with Gasteiger partial charge in [-0.25, -0.2) is 4.79 Å². The van der Waals surface area contributed by atoms with Gasteiger partial charge in [-0.1, -0.05) is 42.5 Å². The summed E-state index contributed by atoms with van der Waals surface area (Å²) in [6.07, 6.45) is -4.63. The summed E-state index contributed by atoms with van der Waals surface area (Å²) in [4.78, 5) is 25.0. The second kappa shape index (κ2) is 9.16. The fourth-order valence-electron chi connectivity index (χ4n) is 4.11. The molecule has 0 aliphatic carbocycles. The van der Waals surface area contributed by atoms with Crippen LogP contribution in [0.15, 0.2) is 66.7 Å². The standard InChI is InChI=1S/C27H24F3N3O3/c1-26(2,31)19-12-10-17(14-20(19)27(28,29)30)32-23(15-7-5-4-6-8-15)22-18-11-9-16(25(35)36-3)13-21(18)33-24(22)34/h4-14,32H,31H2,1-3H3,(H,33,34). The molecule has 0 atom stereocenters. The van der Waals surface area contributed by atoms with Gasteiger partial charge in [-0.2, -0.15) is 13.2 Å². The molecule has 9 heteroatoms. The van der Waals surface area contributed by atoms with Crippen molar-refractivity contribution in [2.24, 2.45) is 5.73 Å². The quantitative estimate of drug-likeness (QED) is 0.316. The Balaban J connectivity index is 1.88. The smallest absolute Gasteiger partial charge is 0.416 e. The van der Waals surface area contributed by atoms with Crippen LogP contribution in [0.1, 0.15) is 46.5 Å². The van der Waals surface area contributed by atoms with Crippen LogP contribution in [0.4, 0.5) is 24.5 Å². The van der Waals surface area contributed by atoms with Crippen LogP contribution in [-0.4, -0.2) is 19.0 Å². The molecule has 0 aromatic heterocycles. The lowest BCUT2D eigenvalue weighted by atomic mass is 9.90. The first kappa shape index (κ1) is 25.0. The molecule has 6 nitrogen and oxygen atoms in total. The van der Waals surface area contributed by atoms with Crippen LogP contribution >= 0.6 is 0 Å². The van der Waals surface area contributed by atoms with E-state index in [1.54, 1.807) is 36.4 Å². The Morgan fingerprint density at radius 2 is 1.64 bits per heavy atom. The molecule has 0 saturated heterocycles. The molecule has 1 heterocycles. The lowest BCUT2D eigenvalue weighted by molar-refractivity contribution is -0.138. The van der Waals surface area contributed by atoms with Gasteiger partial charge in [0.15, 0.2) is 0 Å². The molecule has 0 spiro atoms. The molecular weight excluding hydrogens is 471 g/mol. The summed E-state index contributed by atoms with van der Waals surface area (Å²) in [5.41, 5.74) is 6.26. The number of ether oxygens (including phenoxy) is 1. The molecular formula is C27H24F3N3O3. The fraction of sp³-hybridized carbons (Fsp3) is 0.185. The molecule has 36 heavy (non-hydrogen) atoms. The normalized spacial score (nSPS) is 14.7. The Morgan fingerprint density at radius 1 is 0.944 bits per heavy atom. The third-order valence-corrected chi connectivity index (χ3v) is 5.79. The number of anilines is 2. The molecule has 0 bridgehead atoms. The van der Waals surface area contributed by atoms with Crippen molar-refractivity contribution in [2.45, 2.75) is 25.6 Å². The van der Waals surface area contributed by atoms with Gasteiger partial charge >= 0.3 is 12.1 Å². The van der Waals surface area contributed by atoms with Crippen LogP contribution in [0.2, 0.25) is 0 Å². The number of hydrogen-bond donors (Lipinski definition) is 3. The summed E-state index contributed by atoms with van der Waals surface area (Å²) in [5, 5.41) is 5.76. The van der Waals surface area contributed by atoms with E-state index < -0.39 is 29.2 Å². The zero-order valence-electron chi connectivity index (χ0n) is 19.8. The number of fused-ring (bicyclic) bond motifs is 1. The maximum Gasteiger partial charge on any atom is 0.416 e. The van der Waals surface area contributed by atoms with Crippen molar-refractivity contribution in [1.29, 1.82) is 0 Å². The number of benzene rings is 3. The number of carbonyl (C=O) groups is 2. The van der Waals surface area contributed by atoms with E-state index in [-0.39, 0.29) is 22.4 Å². The van der Waals surface area contributed by atoms with Crippen molar-refractivity contribution in [2.75, 3.05) is 17.7 Å². The minimum absolute atomic E-state index is 0.0474. The summed E-state index contributed by atoms with van der Waals surface area (Å²) in [6.45, 7) is 3.01. The topological polar surface area (TPSA) is 93.4 Å². The monoisotopic (exact) mass is 495 g/mol. The van der Waals surface area contributed by atoms with Crippen LogP contribution in [0.25, 0.3) is 11.3 Å². The molecule has 1 aliphatic rings. The number of halogens is 3. The number of esters is 1. The molecule has 0 radical (unpaired) electrons. The van der Waals surface area contributed by atoms with Crippen molar-refractivity contribution in [3.8, 4) is 0 Å². The highest BCUT2D eigenvalue weighted by atomic mass is 19.4. The number of nitrogens with one attached hydrogen (secondary N) is 2. The van der Waals surface area contributed by atoms with Crippen molar-refractivity contribution in [3.63, 3.8) is 0 Å². The molecule has 4 N–H and O–H groups in total. The maximum absolute atomic E-state index is 13.9. The first-order valence-corrected chi connectivity index (χ1v) is 11.0. The zero-order valence-corrected chi connectivity index (χ0v) is 19.8. The second-order valence-corrected chi connectivity index (χ2v) is 8.93. The fourth-order valence-corrected chi connectivity index (χ4v) is 4.11. The van der Waals surface area contributed by atoms with E-state index in [9.17, 15) is 22.8 Å². The zero-order chi connectivity index (χ0) is 26.3. The molecule has 1 aliphatic heterocycles. The van der Waals surface area contributed by atoms with E-state index in [4.69, 9.17) is 10.5 Å². The summed E-state index contributed by atoms with van der Waals surface area (Å²) >= 11 is 0. The Morgan fingerprint density at radius 3 is 2.25 bits per heavy atom. The summed E-state index contributed by atoms with van der Waals surface area (Å²) in [5.74, 6) is -1.03. The van der Waals surface area contributed by atoms with Gasteiger partial charge in [-0.15, -0.1) is 0 Å². The van der Waals surface area contributed by atoms with Crippen LogP contribution in [0.5, 0.6) is 0 Å². The van der Waals surface area contributed by atoms with Crippen LogP contribution in [0, 0.1) is 0 Å². The number of hydrogen-bond acceptors (Lipinski definition) is 5. The van der Waals surface area contributed by atoms with Gasteiger partial charge in [0, 0.05) is 16.8 Å². The largest absolute Gasteiger partial charge is 0.465 e. The number of carbonyl (C=O) groups excluding carboxylic acids is 2. The van der Waals surface area contributed by atoms with Gasteiger partial charge in [0.2, 0.25) is 0 Å². The van der Waals surface area contributed by atoms with E-state index in [1.165, 1.54) is 45.2 Å². The van der Waals surface area contributed by atoms with Gasteiger partial charge < -0.3 is 21.1 Å². The highest BCUT2D eigenvalue weighted by Crippen LogP contribution is 2.40. The van der Waals surface area contributed by atoms with Crippen LogP contribution < -0.4 is 16.4 Å². The van der Waals surface area contributed by atoms with Crippen LogP contribution in [0.3, 0.4) is 0 Å². The van der Waals surface area contributed by atoms with Gasteiger partial charge in [-0.3, -0.25) is 4.79 Å². The second-order valence-electron chi connectivity index (χ2n) is 8.93. The number of rotatable bonds is 5. The molecule has 3 aromatic rings. The van der Waals surface area contributed by atoms with E-state index in [0.717, 1.165) is 6.07 Å². The minimum atomic E-state index is -4.63. The Hall–Kier alpha value is -4.11. The van der Waals surface area contributed by atoms with Gasteiger partial charge in [0.05, 0.1) is 35.2 Å². The first-order chi connectivity index (χ1) is 16.9. The third-order valence-electron chi connectivity index (χ3n) is 5.79. The Labute approximate surface area is 206 Å². The van der Waals surface area contributed by atoms with Gasteiger partial charge in [0.25, 0.3) is 5.91 Å². The predicted molar refractivity (Wildman–Crippen MR) is 132 cm³/mol. The predicted octanol–water partition coefficient (Wildman–Crippen LogP) is 5.62. The number of methoxy groups -OCH3 is 1. The summed E-state index contributed by atoms with van der Waals surface area (Å²) < 4.78 is 46.5. The first-order valence-electron chi connectivity index (χ1n) is 11.0. The van der Waals surface area contributed by atoms with Crippen molar-refractivity contribution >= 4 is 34.5 Å². The van der Waals surface area contributed by atoms with Gasteiger partial charge in [0.1, 0.15) is 0 Å². The highest BCUT2D eigenvalue weighted by Gasteiger charge is 2.37. The average molecular weight is 496 g/mol. The summed E-state index contributed by atoms with van der Waals surface area (Å²) in [6, 6.07) is 17.2. The van der Waals surface area contributed by atoms with Crippen molar-refractivity contribution < 1.29 is 27.5 Å². The molecule has 186 valence electrons. The van der Waals surface area contributed by atoms with Crippen molar-refractivity contribution in [1.82, 2.24) is 0 Å². The molecule has 4 rings (SSSR count). The molecule has 1 amide bonds. The van der Waals surface area contributed by atoms with E-state index >= 15 is 0 Å². The minimum Gasteiger partial charge on any atom is -0.465 e. The average Bonchev–Trinajstić information content (AvgIpc) is 3.16. The maximum atomic E-state index is 13.9. The van der Waals surface area contributed by atoms with Crippen molar-refractivity contribution in [3.05, 3.63) is 94.5 Å². The number of nitrogens with two attached hydrogens (primary N) is 1. The summed E-state index contributed by atoms with van der Waals surface area (Å²) in [7, 11) is 1.25. The Kier molecular flexibility index (Phi) is 6.36. The molecule has 0 saturated carbocycles. The van der Waals surface area contributed by atoms with E-state index in [2.05, 4.69) is 10.6 Å². The van der Waals surface area contributed by atoms with E-state index in [0.29, 0.717) is 22.5 Å². The molecule has 0 fully saturated rings. The highest BCUT2D eigenvalue weighted by molar-refractivity contribution is 6.37. The van der Waals surface area contributed by atoms with Gasteiger partial charge in [-0.05, 0) is 49.2 Å². The Bertz CT molecular complexity index is 1370. The van der Waals surface area contributed by atoms with E-state index in [1.807, 2.05) is 0 Å².